The number of hydrogen-bond acceptors (Lipinski definition) is 0. The monoisotopic (exact) mass is 374 g/mol. The maximum absolute atomic E-state index is 2.49. The predicted octanol–water partition coefficient (Wildman–Crippen LogP) is 8.39. The number of rotatable bonds is 4. The topological polar surface area (TPSA) is 0 Å². The Morgan fingerprint density at radius 2 is 1.46 bits per heavy atom. The van der Waals surface area contributed by atoms with E-state index in [-0.39, 0.29) is 10.8 Å². The molecular formula is C28H38. The minimum atomic E-state index is 0.143. The minimum absolute atomic E-state index is 0.143. The van der Waals surface area contributed by atoms with E-state index in [1.54, 1.807) is 5.57 Å². The Bertz CT molecular complexity index is 863. The summed E-state index contributed by atoms with van der Waals surface area (Å²) in [6, 6.07) is 12.0. The van der Waals surface area contributed by atoms with Crippen LogP contribution in [0.3, 0.4) is 0 Å². The Kier molecular flexibility index (Phi) is 5.63. The van der Waals surface area contributed by atoms with Crippen molar-refractivity contribution in [2.45, 2.75) is 91.9 Å². The van der Waals surface area contributed by atoms with E-state index in [2.05, 4.69) is 91.8 Å². The molecule has 0 amide bonds. The fourth-order valence-corrected chi connectivity index (χ4v) is 4.18. The molecule has 1 aliphatic rings. The first-order valence-electron chi connectivity index (χ1n) is 11.0. The van der Waals surface area contributed by atoms with Gasteiger partial charge in [0.25, 0.3) is 0 Å². The second-order valence-electron chi connectivity index (χ2n) is 10.7. The number of aryl methyl sites for hydroxylation is 1. The molecule has 0 aliphatic heterocycles. The average Bonchev–Trinajstić information content (AvgIpc) is 3.00. The molecule has 150 valence electrons. The quantitative estimate of drug-likeness (QED) is 0.504. The second kappa shape index (κ2) is 7.54. The molecule has 0 N–H and O–H groups in total. The molecule has 0 spiro atoms. The van der Waals surface area contributed by atoms with Crippen molar-refractivity contribution in [2.75, 3.05) is 0 Å². The van der Waals surface area contributed by atoms with Crippen LogP contribution < -0.4 is 0 Å². The first-order chi connectivity index (χ1) is 13.0. The zero-order chi connectivity index (χ0) is 20.7. The number of allylic oxidation sites excluding steroid dienone is 1. The Labute approximate surface area is 173 Å². The fraction of sp³-hybridized carbons (Fsp3) is 0.500. The normalized spacial score (nSPS) is 14.2. The lowest BCUT2D eigenvalue weighted by atomic mass is 9.78. The molecule has 0 nitrogen and oxygen atoms in total. The van der Waals surface area contributed by atoms with Crippen LogP contribution in [0.5, 0.6) is 0 Å². The van der Waals surface area contributed by atoms with Gasteiger partial charge in [-0.15, -0.1) is 0 Å². The lowest BCUT2D eigenvalue weighted by molar-refractivity contribution is 0.569. The summed E-state index contributed by atoms with van der Waals surface area (Å²) >= 11 is 0. The summed E-state index contributed by atoms with van der Waals surface area (Å²) in [5, 5.41) is 0. The number of unbranched alkanes of at least 4 members (excludes halogenated alkanes) is 1. The van der Waals surface area contributed by atoms with E-state index >= 15 is 0 Å². The summed E-state index contributed by atoms with van der Waals surface area (Å²) in [5.74, 6) is 0. The van der Waals surface area contributed by atoms with Crippen LogP contribution in [0.1, 0.15) is 95.5 Å². The Hall–Kier alpha value is -1.82. The molecule has 2 aromatic carbocycles. The molecule has 0 fully saturated rings. The molecule has 0 saturated heterocycles. The number of hydrogen-bond donors (Lipinski definition) is 0. The lowest BCUT2D eigenvalue weighted by Gasteiger charge is -2.27. The molecule has 1 aliphatic carbocycles. The molecule has 0 heterocycles. The van der Waals surface area contributed by atoms with Gasteiger partial charge in [0.2, 0.25) is 0 Å². The Morgan fingerprint density at radius 3 is 2.00 bits per heavy atom. The van der Waals surface area contributed by atoms with Crippen molar-refractivity contribution in [1.82, 2.24) is 0 Å². The van der Waals surface area contributed by atoms with Gasteiger partial charge in [-0.3, -0.25) is 0 Å². The molecule has 0 unspecified atom stereocenters. The van der Waals surface area contributed by atoms with E-state index < -0.39 is 0 Å². The van der Waals surface area contributed by atoms with Crippen molar-refractivity contribution in [1.29, 1.82) is 0 Å². The van der Waals surface area contributed by atoms with E-state index in [9.17, 15) is 0 Å². The molecular weight excluding hydrogens is 336 g/mol. The highest BCUT2D eigenvalue weighted by Crippen LogP contribution is 2.40. The summed E-state index contributed by atoms with van der Waals surface area (Å²) in [7, 11) is 0. The van der Waals surface area contributed by atoms with Gasteiger partial charge in [0, 0.05) is 0 Å². The Morgan fingerprint density at radius 1 is 0.857 bits per heavy atom. The average molecular weight is 375 g/mol. The third kappa shape index (κ3) is 4.27. The van der Waals surface area contributed by atoms with Crippen molar-refractivity contribution < 1.29 is 0 Å². The molecule has 0 heteroatoms. The van der Waals surface area contributed by atoms with Gasteiger partial charge in [0.1, 0.15) is 0 Å². The van der Waals surface area contributed by atoms with E-state index in [4.69, 9.17) is 0 Å². The summed E-state index contributed by atoms with van der Waals surface area (Å²) in [4.78, 5) is 0. The standard InChI is InChI=1S/C28H38/c1-9-10-11-20-14-21-13-12-19(2)26(25(21)15-20)22-16-23(27(3,4)5)18-24(17-22)28(6,7)8/h12-13,15-18H,9-11,14H2,1-8H3. The Balaban J connectivity index is 2.20. The van der Waals surface area contributed by atoms with Crippen molar-refractivity contribution in [3.63, 3.8) is 0 Å². The van der Waals surface area contributed by atoms with Crippen LogP contribution in [0.25, 0.3) is 17.2 Å². The smallest absolute Gasteiger partial charge is 0.00576 e. The van der Waals surface area contributed by atoms with Gasteiger partial charge in [-0.2, -0.15) is 0 Å². The van der Waals surface area contributed by atoms with Crippen LogP contribution in [0, 0.1) is 6.92 Å². The van der Waals surface area contributed by atoms with Crippen LogP contribution in [-0.2, 0) is 17.3 Å². The largest absolute Gasteiger partial charge is 0.0654 e. The molecule has 0 radical (unpaired) electrons. The zero-order valence-electron chi connectivity index (χ0n) is 19.3. The van der Waals surface area contributed by atoms with Crippen LogP contribution in [0.2, 0.25) is 0 Å². The van der Waals surface area contributed by atoms with Crippen LogP contribution in [0.4, 0.5) is 0 Å². The molecule has 3 rings (SSSR count). The molecule has 0 bridgehead atoms. The maximum atomic E-state index is 2.49. The van der Waals surface area contributed by atoms with Crippen molar-refractivity contribution in [3.05, 3.63) is 63.7 Å². The third-order valence-electron chi connectivity index (χ3n) is 6.12. The van der Waals surface area contributed by atoms with Gasteiger partial charge in [0.15, 0.2) is 0 Å². The van der Waals surface area contributed by atoms with Gasteiger partial charge >= 0.3 is 0 Å². The first kappa shape index (κ1) is 20.9. The zero-order valence-corrected chi connectivity index (χ0v) is 19.3. The SMILES string of the molecule is CCCCC1=Cc2c(ccc(C)c2-c2cc(C(C)(C)C)cc(C(C)(C)C)c2)C1. The first-order valence-corrected chi connectivity index (χ1v) is 11.0. The third-order valence-corrected chi connectivity index (χ3v) is 6.12. The van der Waals surface area contributed by atoms with Crippen molar-refractivity contribution >= 4 is 6.08 Å². The van der Waals surface area contributed by atoms with E-state index in [0.29, 0.717) is 0 Å². The lowest BCUT2D eigenvalue weighted by Crippen LogP contribution is -2.16. The van der Waals surface area contributed by atoms with Gasteiger partial charge < -0.3 is 0 Å². The molecule has 0 aromatic heterocycles. The summed E-state index contributed by atoms with van der Waals surface area (Å²) < 4.78 is 0. The summed E-state index contributed by atoms with van der Waals surface area (Å²) in [6.45, 7) is 18.5. The highest BCUT2D eigenvalue weighted by molar-refractivity contribution is 5.83. The van der Waals surface area contributed by atoms with Crippen LogP contribution in [0.15, 0.2) is 35.9 Å². The van der Waals surface area contributed by atoms with Crippen LogP contribution >= 0.6 is 0 Å². The van der Waals surface area contributed by atoms with Gasteiger partial charge in [-0.25, -0.2) is 0 Å². The molecule has 0 atom stereocenters. The van der Waals surface area contributed by atoms with Gasteiger partial charge in [-0.05, 0) is 76.0 Å². The molecule has 28 heavy (non-hydrogen) atoms. The predicted molar refractivity (Wildman–Crippen MR) is 125 cm³/mol. The highest BCUT2D eigenvalue weighted by atomic mass is 14.3. The summed E-state index contributed by atoms with van der Waals surface area (Å²) in [5.41, 5.74) is 11.9. The number of fused-ring (bicyclic) bond motifs is 1. The van der Waals surface area contributed by atoms with E-state index in [1.807, 2.05) is 0 Å². The van der Waals surface area contributed by atoms with Gasteiger partial charge in [0.05, 0.1) is 0 Å². The molecule has 2 aromatic rings. The van der Waals surface area contributed by atoms with E-state index in [0.717, 1.165) is 6.42 Å². The minimum Gasteiger partial charge on any atom is -0.0654 e. The van der Waals surface area contributed by atoms with Crippen LogP contribution in [-0.4, -0.2) is 0 Å². The van der Waals surface area contributed by atoms with Gasteiger partial charge in [-0.1, -0.05) is 96.9 Å². The summed E-state index contributed by atoms with van der Waals surface area (Å²) in [6.07, 6.45) is 7.42. The van der Waals surface area contributed by atoms with E-state index in [1.165, 1.54) is 58.2 Å². The fourth-order valence-electron chi connectivity index (χ4n) is 4.18. The second-order valence-corrected chi connectivity index (χ2v) is 10.7. The maximum Gasteiger partial charge on any atom is -0.00576 e. The molecule has 0 saturated carbocycles. The highest BCUT2D eigenvalue weighted by Gasteiger charge is 2.23. The van der Waals surface area contributed by atoms with Crippen molar-refractivity contribution in [2.24, 2.45) is 0 Å². The van der Waals surface area contributed by atoms with Crippen molar-refractivity contribution in [3.8, 4) is 11.1 Å². The number of benzene rings is 2.